The van der Waals surface area contributed by atoms with Gasteiger partial charge in [-0.25, -0.2) is 0 Å². The van der Waals surface area contributed by atoms with Gasteiger partial charge in [0.25, 0.3) is 0 Å². The van der Waals surface area contributed by atoms with Crippen molar-refractivity contribution in [3.63, 3.8) is 0 Å². The van der Waals surface area contributed by atoms with Crippen LogP contribution in [-0.4, -0.2) is 6.04 Å². The molecule has 1 heterocycles. The van der Waals surface area contributed by atoms with Crippen molar-refractivity contribution < 1.29 is 4.42 Å². The molecule has 90 valence electrons. The van der Waals surface area contributed by atoms with Crippen molar-refractivity contribution in [2.75, 3.05) is 0 Å². The number of rotatable bonds is 4. The van der Waals surface area contributed by atoms with Gasteiger partial charge in [0.05, 0.1) is 6.26 Å². The Hall–Kier alpha value is -1.54. The summed E-state index contributed by atoms with van der Waals surface area (Å²) >= 11 is 0. The highest BCUT2D eigenvalue weighted by Crippen LogP contribution is 2.12. The van der Waals surface area contributed by atoms with E-state index in [0.717, 1.165) is 18.6 Å². The maximum atomic E-state index is 6.14. The lowest BCUT2D eigenvalue weighted by Gasteiger charge is -2.11. The van der Waals surface area contributed by atoms with Crippen LogP contribution in [0.3, 0.4) is 0 Å². The molecule has 0 amide bonds. The smallest absolute Gasteiger partial charge is 0.105 e. The zero-order valence-corrected chi connectivity index (χ0v) is 10.4. The van der Waals surface area contributed by atoms with Crippen LogP contribution in [0.1, 0.15) is 22.5 Å². The summed E-state index contributed by atoms with van der Waals surface area (Å²) in [7, 11) is 0. The van der Waals surface area contributed by atoms with E-state index in [4.69, 9.17) is 10.2 Å². The molecular formula is C15H19NO. The van der Waals surface area contributed by atoms with Crippen molar-refractivity contribution in [3.8, 4) is 0 Å². The molecule has 0 aliphatic carbocycles. The predicted molar refractivity (Wildman–Crippen MR) is 70.0 cm³/mol. The topological polar surface area (TPSA) is 39.2 Å². The standard InChI is InChI=1S/C15H19NO/c1-11-6-12(2)8-13(7-11)9-14(16)10-15-4-3-5-17-15/h3-8,14H,9-10,16H2,1-2H3. The molecule has 0 fully saturated rings. The summed E-state index contributed by atoms with van der Waals surface area (Å²) in [6.45, 7) is 4.24. The SMILES string of the molecule is Cc1cc(C)cc(CC(N)Cc2ccco2)c1. The lowest BCUT2D eigenvalue weighted by Crippen LogP contribution is -2.25. The second kappa shape index (κ2) is 5.19. The second-order valence-corrected chi connectivity index (χ2v) is 4.74. The Kier molecular flexibility index (Phi) is 3.64. The minimum atomic E-state index is 0.113. The highest BCUT2D eigenvalue weighted by molar-refractivity contribution is 5.29. The molecule has 2 aromatic rings. The third kappa shape index (κ3) is 3.46. The van der Waals surface area contributed by atoms with Crippen LogP contribution in [0.25, 0.3) is 0 Å². The molecule has 2 N–H and O–H groups in total. The Bertz CT molecular complexity index is 453. The zero-order chi connectivity index (χ0) is 12.3. The molecule has 0 spiro atoms. The summed E-state index contributed by atoms with van der Waals surface area (Å²) in [5.74, 6) is 0.960. The highest BCUT2D eigenvalue weighted by atomic mass is 16.3. The maximum Gasteiger partial charge on any atom is 0.105 e. The molecule has 17 heavy (non-hydrogen) atoms. The maximum absolute atomic E-state index is 6.14. The van der Waals surface area contributed by atoms with Gasteiger partial charge in [-0.05, 0) is 38.0 Å². The van der Waals surface area contributed by atoms with Crippen LogP contribution in [0.4, 0.5) is 0 Å². The summed E-state index contributed by atoms with van der Waals surface area (Å²) in [6.07, 6.45) is 3.38. The fraction of sp³-hybridized carbons (Fsp3) is 0.333. The van der Waals surface area contributed by atoms with Crippen LogP contribution in [0.15, 0.2) is 41.0 Å². The second-order valence-electron chi connectivity index (χ2n) is 4.74. The van der Waals surface area contributed by atoms with E-state index in [0.29, 0.717) is 0 Å². The number of hydrogen-bond donors (Lipinski definition) is 1. The normalized spacial score (nSPS) is 12.6. The highest BCUT2D eigenvalue weighted by Gasteiger charge is 2.07. The monoisotopic (exact) mass is 229 g/mol. The van der Waals surface area contributed by atoms with Gasteiger partial charge in [-0.2, -0.15) is 0 Å². The van der Waals surface area contributed by atoms with Crippen LogP contribution < -0.4 is 5.73 Å². The molecule has 0 saturated heterocycles. The Morgan fingerprint density at radius 2 is 1.82 bits per heavy atom. The van der Waals surface area contributed by atoms with E-state index in [1.807, 2.05) is 12.1 Å². The molecule has 2 rings (SSSR count). The molecule has 0 aliphatic heterocycles. The van der Waals surface area contributed by atoms with Gasteiger partial charge in [0.15, 0.2) is 0 Å². The fourth-order valence-electron chi connectivity index (χ4n) is 2.25. The summed E-state index contributed by atoms with van der Waals surface area (Å²) in [4.78, 5) is 0. The van der Waals surface area contributed by atoms with Gasteiger partial charge >= 0.3 is 0 Å². The lowest BCUT2D eigenvalue weighted by atomic mass is 9.99. The molecule has 1 aromatic carbocycles. The first kappa shape index (κ1) is 11.9. The van der Waals surface area contributed by atoms with Crippen molar-refractivity contribution >= 4 is 0 Å². The van der Waals surface area contributed by atoms with E-state index < -0.39 is 0 Å². The van der Waals surface area contributed by atoms with Gasteiger partial charge in [-0.15, -0.1) is 0 Å². The Balaban J connectivity index is 2.00. The number of benzene rings is 1. The van der Waals surface area contributed by atoms with Crippen LogP contribution in [-0.2, 0) is 12.8 Å². The molecule has 1 aromatic heterocycles. The van der Waals surface area contributed by atoms with Gasteiger partial charge in [0, 0.05) is 12.5 Å². The average molecular weight is 229 g/mol. The minimum Gasteiger partial charge on any atom is -0.469 e. The lowest BCUT2D eigenvalue weighted by molar-refractivity contribution is 0.483. The number of aryl methyl sites for hydroxylation is 2. The van der Waals surface area contributed by atoms with E-state index in [9.17, 15) is 0 Å². The summed E-state index contributed by atoms with van der Waals surface area (Å²) in [5, 5.41) is 0. The minimum absolute atomic E-state index is 0.113. The third-order valence-electron chi connectivity index (χ3n) is 2.82. The molecule has 0 saturated carbocycles. The van der Waals surface area contributed by atoms with Crippen molar-refractivity contribution in [2.45, 2.75) is 32.7 Å². The first-order chi connectivity index (χ1) is 8.13. The van der Waals surface area contributed by atoms with Crippen LogP contribution in [0.5, 0.6) is 0 Å². The molecule has 0 aliphatic rings. The average Bonchev–Trinajstić information content (AvgIpc) is 2.67. The molecule has 2 heteroatoms. The van der Waals surface area contributed by atoms with Crippen molar-refractivity contribution in [3.05, 3.63) is 59.0 Å². The van der Waals surface area contributed by atoms with Gasteiger partial charge in [-0.3, -0.25) is 0 Å². The van der Waals surface area contributed by atoms with E-state index in [-0.39, 0.29) is 6.04 Å². The fourth-order valence-corrected chi connectivity index (χ4v) is 2.25. The first-order valence-corrected chi connectivity index (χ1v) is 5.98. The van der Waals surface area contributed by atoms with Crippen molar-refractivity contribution in [1.82, 2.24) is 0 Å². The first-order valence-electron chi connectivity index (χ1n) is 5.98. The summed E-state index contributed by atoms with van der Waals surface area (Å²) in [6, 6.07) is 10.6. The largest absolute Gasteiger partial charge is 0.469 e. The molecule has 1 unspecified atom stereocenters. The van der Waals surface area contributed by atoms with Crippen LogP contribution in [0.2, 0.25) is 0 Å². The van der Waals surface area contributed by atoms with Gasteiger partial charge < -0.3 is 10.2 Å². The van der Waals surface area contributed by atoms with Crippen LogP contribution >= 0.6 is 0 Å². The van der Waals surface area contributed by atoms with E-state index in [1.54, 1.807) is 6.26 Å². The Labute approximate surface area is 102 Å². The molecule has 0 radical (unpaired) electrons. The zero-order valence-electron chi connectivity index (χ0n) is 10.4. The van der Waals surface area contributed by atoms with E-state index in [2.05, 4.69) is 32.0 Å². The predicted octanol–water partition coefficient (Wildman–Crippen LogP) is 3.01. The van der Waals surface area contributed by atoms with Crippen molar-refractivity contribution in [2.24, 2.45) is 5.73 Å². The van der Waals surface area contributed by atoms with Gasteiger partial charge in [0.2, 0.25) is 0 Å². The third-order valence-corrected chi connectivity index (χ3v) is 2.82. The summed E-state index contributed by atoms with van der Waals surface area (Å²) in [5.41, 5.74) is 10.0. The van der Waals surface area contributed by atoms with E-state index >= 15 is 0 Å². The summed E-state index contributed by atoms with van der Waals surface area (Å²) < 4.78 is 5.31. The number of furan rings is 1. The van der Waals surface area contributed by atoms with Gasteiger partial charge in [-0.1, -0.05) is 29.3 Å². The van der Waals surface area contributed by atoms with E-state index in [1.165, 1.54) is 16.7 Å². The number of nitrogens with two attached hydrogens (primary N) is 1. The number of hydrogen-bond acceptors (Lipinski definition) is 2. The molecule has 0 bridgehead atoms. The molecule has 1 atom stereocenters. The Morgan fingerprint density at radius 1 is 1.12 bits per heavy atom. The van der Waals surface area contributed by atoms with Crippen molar-refractivity contribution in [1.29, 1.82) is 0 Å². The molecule has 2 nitrogen and oxygen atoms in total. The Morgan fingerprint density at radius 3 is 2.41 bits per heavy atom. The van der Waals surface area contributed by atoms with Gasteiger partial charge in [0.1, 0.15) is 5.76 Å². The quantitative estimate of drug-likeness (QED) is 0.875. The van der Waals surface area contributed by atoms with Crippen LogP contribution in [0, 0.1) is 13.8 Å². The molecular weight excluding hydrogens is 210 g/mol.